The monoisotopic (exact) mass is 258 g/mol. The first-order chi connectivity index (χ1) is 6.99. The third kappa shape index (κ3) is 4.39. The zero-order valence-electron chi connectivity index (χ0n) is 9.41. The molecule has 0 saturated carbocycles. The van der Waals surface area contributed by atoms with Gasteiger partial charge in [0.1, 0.15) is 5.75 Å². The van der Waals surface area contributed by atoms with Crippen molar-refractivity contribution in [3.8, 4) is 5.75 Å². The summed E-state index contributed by atoms with van der Waals surface area (Å²) in [4.78, 5) is 0. The number of benzene rings is 1. The molecule has 0 aliphatic heterocycles. The molecular weight excluding hydrogens is 247 g/mol. The maximum Gasteiger partial charge on any atom is 1.00 e. The van der Waals surface area contributed by atoms with Gasteiger partial charge in [-0.25, -0.2) is 0 Å². The second-order valence-electron chi connectivity index (χ2n) is 3.05. The van der Waals surface area contributed by atoms with E-state index in [0.29, 0.717) is 5.75 Å². The molecule has 0 heterocycles. The largest absolute Gasteiger partial charge is 1.00 e. The van der Waals surface area contributed by atoms with Gasteiger partial charge in [0.25, 0.3) is 0 Å². The zero-order valence-corrected chi connectivity index (χ0v) is 12.5. The van der Waals surface area contributed by atoms with Gasteiger partial charge < -0.3 is 22.4 Å². The van der Waals surface area contributed by atoms with Crippen LogP contribution in [-0.4, -0.2) is 21.2 Å². The van der Waals surface area contributed by atoms with Gasteiger partial charge in [0.05, 0.1) is 13.1 Å². The molecule has 1 atom stereocenters. The van der Waals surface area contributed by atoms with Crippen LogP contribution in [0.3, 0.4) is 0 Å². The molecule has 0 aliphatic rings. The summed E-state index contributed by atoms with van der Waals surface area (Å²) in [7, 11) is 2.50. The molecule has 0 saturated heterocycles. The summed E-state index contributed by atoms with van der Waals surface area (Å²) in [6.07, 6.45) is 0. The van der Waals surface area contributed by atoms with E-state index in [9.17, 15) is 12.9 Å². The van der Waals surface area contributed by atoms with Crippen LogP contribution in [0.1, 0.15) is 11.6 Å². The van der Waals surface area contributed by atoms with Gasteiger partial charge in [-0.3, -0.25) is 0 Å². The summed E-state index contributed by atoms with van der Waals surface area (Å²) in [5, 5.41) is 0. The van der Waals surface area contributed by atoms with Crippen molar-refractivity contribution in [3.05, 3.63) is 29.8 Å². The molecule has 0 bridgehead atoms. The van der Waals surface area contributed by atoms with Crippen LogP contribution in [0, 0.1) is 0 Å². The van der Waals surface area contributed by atoms with Crippen LogP contribution in [0.25, 0.3) is 0 Å². The van der Waals surface area contributed by atoms with Gasteiger partial charge in [-0.1, -0.05) is 12.1 Å². The van der Waals surface area contributed by atoms with E-state index in [1.807, 2.05) is 0 Å². The van der Waals surface area contributed by atoms with E-state index in [-0.39, 0.29) is 56.9 Å². The fourth-order valence-electron chi connectivity index (χ4n) is 1.30. The Morgan fingerprint density at radius 2 is 1.56 bits per heavy atom. The normalized spacial score (nSPS) is 12.8. The van der Waals surface area contributed by atoms with Crippen molar-refractivity contribution in [2.45, 2.75) is 6.00 Å². The molecule has 0 amide bonds. The molecule has 1 unspecified atom stereocenters. The molecule has 2 nitrogen and oxygen atoms in total. The molecule has 1 aromatic rings. The minimum atomic E-state index is -5.04. The zero-order chi connectivity index (χ0) is 11.5. The van der Waals surface area contributed by atoms with Crippen LogP contribution < -0.4 is 56.1 Å². The van der Waals surface area contributed by atoms with Crippen molar-refractivity contribution < 1.29 is 73.8 Å². The standard InChI is InChI=1S/C9H11BF3O2.K/c1-14-8-5-3-7(4-6-8)9(15-2)10(11,12)13;/h3-6,9H,1-2H3;/q-1;+1. The second-order valence-corrected chi connectivity index (χ2v) is 3.05. The average Bonchev–Trinajstić information content (AvgIpc) is 2.18. The third-order valence-electron chi connectivity index (χ3n) is 2.04. The predicted octanol–water partition coefficient (Wildman–Crippen LogP) is -0.227. The molecule has 0 N–H and O–H groups in total. The van der Waals surface area contributed by atoms with Crippen molar-refractivity contribution in [2.24, 2.45) is 0 Å². The second kappa shape index (κ2) is 7.03. The maximum absolute atomic E-state index is 12.5. The summed E-state index contributed by atoms with van der Waals surface area (Å²) >= 11 is 0. The first-order valence-electron chi connectivity index (χ1n) is 4.35. The van der Waals surface area contributed by atoms with Crippen LogP contribution in [0.4, 0.5) is 12.9 Å². The van der Waals surface area contributed by atoms with E-state index in [1.165, 1.54) is 31.4 Å². The minimum absolute atomic E-state index is 0. The van der Waals surface area contributed by atoms with E-state index in [4.69, 9.17) is 4.74 Å². The first kappa shape index (κ1) is 16.5. The summed E-state index contributed by atoms with van der Waals surface area (Å²) in [6, 6.07) is 3.83. The topological polar surface area (TPSA) is 18.5 Å². The van der Waals surface area contributed by atoms with Crippen molar-refractivity contribution in [3.63, 3.8) is 0 Å². The fourth-order valence-corrected chi connectivity index (χ4v) is 1.30. The Kier molecular flexibility index (Phi) is 7.23. The van der Waals surface area contributed by atoms with Crippen LogP contribution in [0.5, 0.6) is 5.75 Å². The van der Waals surface area contributed by atoms with Crippen LogP contribution >= 0.6 is 0 Å². The molecule has 7 heteroatoms. The quantitative estimate of drug-likeness (QED) is 0.695. The van der Waals surface area contributed by atoms with Crippen molar-refractivity contribution >= 4 is 6.98 Å². The van der Waals surface area contributed by atoms with E-state index < -0.39 is 13.0 Å². The molecule has 1 rings (SSSR count). The number of methoxy groups -OCH3 is 2. The summed E-state index contributed by atoms with van der Waals surface area (Å²) in [6.45, 7) is -5.04. The van der Waals surface area contributed by atoms with Gasteiger partial charge in [-0.05, 0) is 17.7 Å². The van der Waals surface area contributed by atoms with Gasteiger partial charge in [-0.2, -0.15) is 0 Å². The molecule has 0 aromatic heterocycles. The van der Waals surface area contributed by atoms with E-state index >= 15 is 0 Å². The molecule has 0 aliphatic carbocycles. The Balaban J connectivity index is 0.00000225. The van der Waals surface area contributed by atoms with Crippen molar-refractivity contribution in [1.82, 2.24) is 0 Å². The Bertz CT molecular complexity index is 316. The third-order valence-corrected chi connectivity index (χ3v) is 2.04. The van der Waals surface area contributed by atoms with Crippen molar-refractivity contribution in [2.75, 3.05) is 14.2 Å². The van der Waals surface area contributed by atoms with Gasteiger partial charge >= 0.3 is 58.4 Å². The molecule has 1 aromatic carbocycles. The molecule has 0 fully saturated rings. The first-order valence-corrected chi connectivity index (χ1v) is 4.35. The van der Waals surface area contributed by atoms with Crippen LogP contribution in [0.2, 0.25) is 0 Å². The summed E-state index contributed by atoms with van der Waals surface area (Å²) in [5.41, 5.74) is 0.0887. The van der Waals surface area contributed by atoms with E-state index in [1.54, 1.807) is 0 Å². The number of halogens is 3. The maximum atomic E-state index is 12.5. The number of hydrogen-bond donors (Lipinski definition) is 0. The molecular formula is C9H11BF3KO2. The summed E-state index contributed by atoms with van der Waals surface area (Å²) in [5.74, 6) is 0.517. The van der Waals surface area contributed by atoms with Crippen molar-refractivity contribution in [1.29, 1.82) is 0 Å². The van der Waals surface area contributed by atoms with E-state index in [2.05, 4.69) is 4.74 Å². The predicted molar refractivity (Wildman–Crippen MR) is 51.8 cm³/mol. The minimum Gasteiger partial charge on any atom is -0.497 e. The Hall–Kier alpha value is 0.471. The Labute approximate surface area is 135 Å². The Morgan fingerprint density at radius 1 is 1.06 bits per heavy atom. The number of ether oxygens (including phenoxy) is 2. The van der Waals surface area contributed by atoms with Gasteiger partial charge in [0, 0.05) is 7.11 Å². The molecule has 0 spiro atoms. The summed E-state index contributed by atoms with van der Waals surface area (Å²) < 4.78 is 46.8. The van der Waals surface area contributed by atoms with Gasteiger partial charge in [-0.15, -0.1) is 0 Å². The fraction of sp³-hybridized carbons (Fsp3) is 0.333. The van der Waals surface area contributed by atoms with E-state index in [0.717, 1.165) is 7.11 Å². The smallest absolute Gasteiger partial charge is 0.497 e. The van der Waals surface area contributed by atoms with Crippen LogP contribution in [-0.2, 0) is 4.74 Å². The Morgan fingerprint density at radius 3 is 1.88 bits per heavy atom. The molecule has 16 heavy (non-hydrogen) atoms. The average molecular weight is 258 g/mol. The number of hydrogen-bond acceptors (Lipinski definition) is 2. The molecule has 84 valence electrons. The SMILES string of the molecule is COc1ccc(C(OC)[B-](F)(F)F)cc1.[K+]. The molecule has 0 radical (unpaired) electrons. The van der Waals surface area contributed by atoms with Gasteiger partial charge in [0.15, 0.2) is 0 Å². The van der Waals surface area contributed by atoms with Gasteiger partial charge in [0.2, 0.25) is 0 Å². The van der Waals surface area contributed by atoms with Crippen LogP contribution in [0.15, 0.2) is 24.3 Å². The number of rotatable bonds is 4.